The van der Waals surface area contributed by atoms with Gasteiger partial charge >= 0.3 is 0 Å². The van der Waals surface area contributed by atoms with E-state index in [1.54, 1.807) is 6.92 Å². The van der Waals surface area contributed by atoms with Crippen molar-refractivity contribution in [3.8, 4) is 0 Å². The molecule has 1 aromatic rings. The molecule has 0 spiro atoms. The summed E-state index contributed by atoms with van der Waals surface area (Å²) in [6.45, 7) is 5.16. The molecule has 0 unspecified atom stereocenters. The number of rotatable bonds is 4. The fourth-order valence-corrected chi connectivity index (χ4v) is 2.74. The molecular weight excluding hydrogens is 297 g/mol. The van der Waals surface area contributed by atoms with Gasteiger partial charge in [-0.25, -0.2) is 17.5 Å². The summed E-state index contributed by atoms with van der Waals surface area (Å²) in [5, 5.41) is 0. The lowest BCUT2D eigenvalue weighted by atomic mass is 10.2. The Morgan fingerprint density at radius 2 is 2.19 bits per heavy atom. The van der Waals surface area contributed by atoms with Gasteiger partial charge in [0, 0.05) is 11.0 Å². The van der Waals surface area contributed by atoms with Gasteiger partial charge in [-0.05, 0) is 30.7 Å². The molecule has 1 rings (SSSR count). The molecule has 0 aliphatic rings. The number of aryl methyl sites for hydroxylation is 1. The van der Waals surface area contributed by atoms with Crippen LogP contribution in [0.1, 0.15) is 5.56 Å². The van der Waals surface area contributed by atoms with E-state index < -0.39 is 15.8 Å². The standard InChI is InChI=1S/C10H11BrFNO2S/c1-7-5-9(12)3-4-10(7)16(14,15)13-6-8(2)11/h3-5,13H,2,6H2,1H3. The summed E-state index contributed by atoms with van der Waals surface area (Å²) < 4.78 is 39.2. The van der Waals surface area contributed by atoms with E-state index in [1.807, 2.05) is 0 Å². The summed E-state index contributed by atoms with van der Waals surface area (Å²) in [6, 6.07) is 3.53. The highest BCUT2D eigenvalue weighted by molar-refractivity contribution is 9.11. The summed E-state index contributed by atoms with van der Waals surface area (Å²) in [4.78, 5) is 0.0719. The Balaban J connectivity index is 3.03. The van der Waals surface area contributed by atoms with Gasteiger partial charge < -0.3 is 0 Å². The van der Waals surface area contributed by atoms with E-state index in [-0.39, 0.29) is 11.4 Å². The van der Waals surface area contributed by atoms with Crippen molar-refractivity contribution in [1.29, 1.82) is 0 Å². The summed E-state index contributed by atoms with van der Waals surface area (Å²) in [5.41, 5.74) is 0.368. The Kier molecular flexibility index (Phi) is 4.23. The third-order valence-electron chi connectivity index (χ3n) is 1.88. The Bertz CT molecular complexity index is 514. The Hall–Kier alpha value is -0.720. The van der Waals surface area contributed by atoms with Crippen LogP contribution in [0.5, 0.6) is 0 Å². The first-order valence-corrected chi connectivity index (χ1v) is 6.69. The minimum Gasteiger partial charge on any atom is -0.207 e. The third kappa shape index (κ3) is 3.40. The maximum absolute atomic E-state index is 12.8. The van der Waals surface area contributed by atoms with Gasteiger partial charge in [0.15, 0.2) is 0 Å². The summed E-state index contributed by atoms with van der Waals surface area (Å²) in [6.07, 6.45) is 0. The Labute approximate surface area is 103 Å². The molecule has 0 heterocycles. The van der Waals surface area contributed by atoms with Crippen molar-refractivity contribution in [2.24, 2.45) is 0 Å². The molecule has 0 radical (unpaired) electrons. The van der Waals surface area contributed by atoms with Gasteiger partial charge in [0.2, 0.25) is 10.0 Å². The van der Waals surface area contributed by atoms with Crippen LogP contribution >= 0.6 is 15.9 Å². The SMILES string of the molecule is C=C(Br)CNS(=O)(=O)c1ccc(F)cc1C. The number of sulfonamides is 1. The topological polar surface area (TPSA) is 46.2 Å². The van der Waals surface area contributed by atoms with Crippen molar-refractivity contribution >= 4 is 26.0 Å². The molecule has 0 aromatic heterocycles. The highest BCUT2D eigenvalue weighted by Gasteiger charge is 2.16. The third-order valence-corrected chi connectivity index (χ3v) is 3.72. The van der Waals surface area contributed by atoms with Crippen LogP contribution in [0.25, 0.3) is 0 Å². The first-order valence-electron chi connectivity index (χ1n) is 4.42. The van der Waals surface area contributed by atoms with Gasteiger partial charge in [0.25, 0.3) is 0 Å². The minimum absolute atomic E-state index is 0.0719. The normalized spacial score (nSPS) is 11.4. The van der Waals surface area contributed by atoms with Crippen molar-refractivity contribution in [3.05, 3.63) is 40.6 Å². The Morgan fingerprint density at radius 3 is 2.69 bits per heavy atom. The van der Waals surface area contributed by atoms with Gasteiger partial charge in [0.05, 0.1) is 4.90 Å². The van der Waals surface area contributed by atoms with Crippen molar-refractivity contribution < 1.29 is 12.8 Å². The lowest BCUT2D eigenvalue weighted by Gasteiger charge is -2.08. The molecule has 0 amide bonds. The quantitative estimate of drug-likeness (QED) is 0.928. The molecule has 0 aliphatic heterocycles. The molecule has 1 N–H and O–H groups in total. The maximum atomic E-state index is 12.8. The first-order chi connectivity index (χ1) is 7.33. The van der Waals surface area contributed by atoms with Gasteiger partial charge in [0.1, 0.15) is 5.82 Å². The van der Waals surface area contributed by atoms with E-state index in [0.717, 1.165) is 6.07 Å². The fraction of sp³-hybridized carbons (Fsp3) is 0.200. The molecule has 0 bridgehead atoms. The summed E-state index contributed by atoms with van der Waals surface area (Å²) in [7, 11) is -3.61. The number of nitrogens with one attached hydrogen (secondary N) is 1. The molecule has 0 atom stereocenters. The van der Waals surface area contributed by atoms with Crippen LogP contribution in [0, 0.1) is 12.7 Å². The average Bonchev–Trinajstić information content (AvgIpc) is 2.14. The molecule has 0 aliphatic carbocycles. The molecule has 0 fully saturated rings. The van der Waals surface area contributed by atoms with Crippen LogP contribution in [0.15, 0.2) is 34.2 Å². The van der Waals surface area contributed by atoms with Gasteiger partial charge in [-0.3, -0.25) is 0 Å². The zero-order valence-electron chi connectivity index (χ0n) is 8.63. The van der Waals surface area contributed by atoms with E-state index in [0.29, 0.717) is 10.0 Å². The predicted octanol–water partition coefficient (Wildman–Crippen LogP) is 2.32. The van der Waals surface area contributed by atoms with Crippen molar-refractivity contribution in [2.45, 2.75) is 11.8 Å². The second-order valence-electron chi connectivity index (χ2n) is 3.25. The lowest BCUT2D eigenvalue weighted by Crippen LogP contribution is -2.25. The van der Waals surface area contributed by atoms with Gasteiger partial charge in [-0.15, -0.1) is 0 Å². The second-order valence-corrected chi connectivity index (χ2v) is 6.11. The first kappa shape index (κ1) is 13.3. The van der Waals surface area contributed by atoms with Crippen molar-refractivity contribution in [1.82, 2.24) is 4.72 Å². The van der Waals surface area contributed by atoms with Crippen LogP contribution in [0.3, 0.4) is 0 Å². The minimum atomic E-state index is -3.61. The fourth-order valence-electron chi connectivity index (χ4n) is 1.17. The molecule has 16 heavy (non-hydrogen) atoms. The largest absolute Gasteiger partial charge is 0.241 e. The van der Waals surface area contributed by atoms with Crippen LogP contribution < -0.4 is 4.72 Å². The molecule has 88 valence electrons. The highest BCUT2D eigenvalue weighted by Crippen LogP contribution is 2.16. The highest BCUT2D eigenvalue weighted by atomic mass is 79.9. The van der Waals surface area contributed by atoms with E-state index in [2.05, 4.69) is 27.2 Å². The zero-order valence-corrected chi connectivity index (χ0v) is 11.0. The van der Waals surface area contributed by atoms with Crippen molar-refractivity contribution in [2.75, 3.05) is 6.54 Å². The Morgan fingerprint density at radius 1 is 1.56 bits per heavy atom. The second kappa shape index (κ2) is 5.07. The molecule has 6 heteroatoms. The van der Waals surface area contributed by atoms with E-state index in [1.165, 1.54) is 12.1 Å². The van der Waals surface area contributed by atoms with Crippen LogP contribution in [-0.2, 0) is 10.0 Å². The maximum Gasteiger partial charge on any atom is 0.241 e. The van der Waals surface area contributed by atoms with Crippen molar-refractivity contribution in [3.63, 3.8) is 0 Å². The van der Waals surface area contributed by atoms with E-state index >= 15 is 0 Å². The molecule has 0 saturated carbocycles. The number of hydrogen-bond donors (Lipinski definition) is 1. The monoisotopic (exact) mass is 307 g/mol. The molecular formula is C10H11BrFNO2S. The van der Waals surface area contributed by atoms with E-state index in [9.17, 15) is 12.8 Å². The molecule has 3 nitrogen and oxygen atoms in total. The van der Waals surface area contributed by atoms with Gasteiger partial charge in [-0.1, -0.05) is 22.5 Å². The lowest BCUT2D eigenvalue weighted by molar-refractivity contribution is 0.583. The number of benzene rings is 1. The predicted molar refractivity (Wildman–Crippen MR) is 64.4 cm³/mol. The van der Waals surface area contributed by atoms with Crippen LogP contribution in [0.2, 0.25) is 0 Å². The summed E-state index contributed by atoms with van der Waals surface area (Å²) >= 11 is 3.05. The number of halogens is 2. The molecule has 1 aromatic carbocycles. The zero-order chi connectivity index (χ0) is 12.3. The molecule has 0 saturated heterocycles. The average molecular weight is 308 g/mol. The van der Waals surface area contributed by atoms with Crippen LogP contribution in [0.4, 0.5) is 4.39 Å². The van der Waals surface area contributed by atoms with E-state index in [4.69, 9.17) is 0 Å². The number of hydrogen-bond acceptors (Lipinski definition) is 2. The van der Waals surface area contributed by atoms with Gasteiger partial charge in [-0.2, -0.15) is 0 Å². The summed E-state index contributed by atoms with van der Waals surface area (Å²) in [5.74, 6) is -0.457. The smallest absolute Gasteiger partial charge is 0.207 e. The van der Waals surface area contributed by atoms with Crippen LogP contribution in [-0.4, -0.2) is 15.0 Å².